The number of carbonyl (C=O) groups is 1. The number of likely N-dealkylation sites (N-methyl/N-ethyl adjacent to an activating group) is 1. The van der Waals surface area contributed by atoms with Crippen molar-refractivity contribution in [3.8, 4) is 0 Å². The van der Waals surface area contributed by atoms with Gasteiger partial charge in [-0.2, -0.15) is 0 Å². The van der Waals surface area contributed by atoms with Crippen LogP contribution in [0.2, 0.25) is 0 Å². The highest BCUT2D eigenvalue weighted by Crippen LogP contribution is 2.25. The summed E-state index contributed by atoms with van der Waals surface area (Å²) in [4.78, 5) is 12.4. The molecule has 23 heavy (non-hydrogen) atoms. The Balaban J connectivity index is 0.00000264. The molecular formula is C19H25ClN2O. The van der Waals surface area contributed by atoms with Gasteiger partial charge in [-0.3, -0.25) is 4.79 Å². The lowest BCUT2D eigenvalue weighted by molar-refractivity contribution is -0.124. The van der Waals surface area contributed by atoms with E-state index >= 15 is 0 Å². The topological polar surface area (TPSA) is 41.1 Å². The second-order valence-corrected chi connectivity index (χ2v) is 5.86. The van der Waals surface area contributed by atoms with Crippen LogP contribution in [-0.4, -0.2) is 19.0 Å². The molecule has 0 aliphatic carbocycles. The van der Waals surface area contributed by atoms with Crippen LogP contribution in [0.3, 0.4) is 0 Å². The first kappa shape index (κ1) is 19.2. The Kier molecular flexibility index (Phi) is 7.27. The quantitative estimate of drug-likeness (QED) is 0.852. The van der Waals surface area contributed by atoms with E-state index in [1.54, 1.807) is 7.05 Å². The van der Waals surface area contributed by atoms with Gasteiger partial charge in [-0.05, 0) is 38.4 Å². The Bertz CT molecular complexity index is 603. The van der Waals surface area contributed by atoms with Crippen molar-refractivity contribution in [1.29, 1.82) is 0 Å². The van der Waals surface area contributed by atoms with Crippen LogP contribution in [0.1, 0.15) is 25.0 Å². The molecule has 0 aromatic heterocycles. The Labute approximate surface area is 144 Å². The van der Waals surface area contributed by atoms with Crippen molar-refractivity contribution in [2.75, 3.05) is 7.05 Å². The van der Waals surface area contributed by atoms with E-state index in [2.05, 4.69) is 41.8 Å². The molecule has 2 aromatic rings. The fourth-order valence-corrected chi connectivity index (χ4v) is 2.54. The van der Waals surface area contributed by atoms with Crippen LogP contribution in [0.15, 0.2) is 60.7 Å². The van der Waals surface area contributed by atoms with Gasteiger partial charge in [-0.25, -0.2) is 0 Å². The molecule has 1 amide bonds. The summed E-state index contributed by atoms with van der Waals surface area (Å²) in [5.74, 6) is 0.00443. The van der Waals surface area contributed by atoms with Gasteiger partial charge in [-0.15, -0.1) is 12.4 Å². The molecular weight excluding hydrogens is 308 g/mol. The summed E-state index contributed by atoms with van der Waals surface area (Å²) in [5, 5.41) is 6.20. The van der Waals surface area contributed by atoms with Gasteiger partial charge in [0.1, 0.15) is 0 Å². The molecule has 3 nitrogen and oxygen atoms in total. The zero-order valence-corrected chi connectivity index (χ0v) is 14.7. The summed E-state index contributed by atoms with van der Waals surface area (Å²) < 4.78 is 0. The average molecular weight is 333 g/mol. The molecule has 0 spiro atoms. The van der Waals surface area contributed by atoms with Gasteiger partial charge in [0.25, 0.3) is 0 Å². The third kappa shape index (κ3) is 5.08. The van der Waals surface area contributed by atoms with E-state index in [1.807, 2.05) is 43.3 Å². The SMILES string of the molecule is CNC(C)C(=O)NC(C)(Cc1ccccc1)c1ccccc1.Cl. The normalized spacial score (nSPS) is 14.2. The molecule has 2 unspecified atom stereocenters. The maximum atomic E-state index is 12.4. The molecule has 2 aromatic carbocycles. The van der Waals surface area contributed by atoms with Gasteiger partial charge in [0.2, 0.25) is 5.91 Å². The van der Waals surface area contributed by atoms with Crippen LogP contribution in [0.25, 0.3) is 0 Å². The lowest BCUT2D eigenvalue weighted by Gasteiger charge is -2.33. The van der Waals surface area contributed by atoms with E-state index in [-0.39, 0.29) is 24.4 Å². The highest BCUT2D eigenvalue weighted by Gasteiger charge is 2.30. The summed E-state index contributed by atoms with van der Waals surface area (Å²) >= 11 is 0. The Morgan fingerprint density at radius 2 is 1.57 bits per heavy atom. The first-order chi connectivity index (χ1) is 10.5. The van der Waals surface area contributed by atoms with Crippen LogP contribution in [0.5, 0.6) is 0 Å². The monoisotopic (exact) mass is 332 g/mol. The molecule has 0 aliphatic rings. The second-order valence-electron chi connectivity index (χ2n) is 5.86. The van der Waals surface area contributed by atoms with Crippen LogP contribution >= 0.6 is 12.4 Å². The number of rotatable bonds is 6. The van der Waals surface area contributed by atoms with Crippen molar-refractivity contribution in [3.05, 3.63) is 71.8 Å². The zero-order valence-electron chi connectivity index (χ0n) is 13.9. The van der Waals surface area contributed by atoms with Gasteiger partial charge < -0.3 is 10.6 Å². The number of hydrogen-bond acceptors (Lipinski definition) is 2. The minimum atomic E-state index is -0.440. The molecule has 0 radical (unpaired) electrons. The Hall–Kier alpha value is -1.84. The molecule has 0 saturated heterocycles. The largest absolute Gasteiger partial charge is 0.345 e. The number of hydrogen-bond donors (Lipinski definition) is 2. The molecule has 0 heterocycles. The van der Waals surface area contributed by atoms with Crippen LogP contribution < -0.4 is 10.6 Å². The lowest BCUT2D eigenvalue weighted by atomic mass is 9.85. The third-order valence-corrected chi connectivity index (χ3v) is 4.04. The van der Waals surface area contributed by atoms with E-state index in [4.69, 9.17) is 0 Å². The predicted molar refractivity (Wildman–Crippen MR) is 97.9 cm³/mol. The van der Waals surface area contributed by atoms with Crippen LogP contribution in [0.4, 0.5) is 0 Å². The van der Waals surface area contributed by atoms with Gasteiger partial charge in [0, 0.05) is 0 Å². The zero-order chi connectivity index (χ0) is 16.0. The Morgan fingerprint density at radius 1 is 1.04 bits per heavy atom. The smallest absolute Gasteiger partial charge is 0.237 e. The predicted octanol–water partition coefficient (Wildman–Crippen LogP) is 3.29. The van der Waals surface area contributed by atoms with Crippen molar-refractivity contribution in [1.82, 2.24) is 10.6 Å². The highest BCUT2D eigenvalue weighted by molar-refractivity contribution is 5.85. The summed E-state index contributed by atoms with van der Waals surface area (Å²) in [6.07, 6.45) is 0.750. The minimum Gasteiger partial charge on any atom is -0.345 e. The van der Waals surface area contributed by atoms with E-state index < -0.39 is 5.54 Å². The molecule has 0 aliphatic heterocycles. The molecule has 124 valence electrons. The van der Waals surface area contributed by atoms with Crippen LogP contribution in [-0.2, 0) is 16.8 Å². The molecule has 2 atom stereocenters. The van der Waals surface area contributed by atoms with Crippen molar-refractivity contribution >= 4 is 18.3 Å². The summed E-state index contributed by atoms with van der Waals surface area (Å²) in [6, 6.07) is 20.1. The second kappa shape index (κ2) is 8.70. The summed E-state index contributed by atoms with van der Waals surface area (Å²) in [6.45, 7) is 3.94. The fraction of sp³-hybridized carbons (Fsp3) is 0.316. The lowest BCUT2D eigenvalue weighted by Crippen LogP contribution is -2.51. The number of amides is 1. The highest BCUT2D eigenvalue weighted by atomic mass is 35.5. The molecule has 2 rings (SSSR count). The van der Waals surface area contributed by atoms with E-state index in [0.29, 0.717) is 0 Å². The van der Waals surface area contributed by atoms with E-state index in [0.717, 1.165) is 12.0 Å². The first-order valence-corrected chi connectivity index (χ1v) is 7.64. The summed E-state index contributed by atoms with van der Waals surface area (Å²) in [7, 11) is 1.79. The fourth-order valence-electron chi connectivity index (χ4n) is 2.54. The molecule has 0 fully saturated rings. The maximum absolute atomic E-state index is 12.4. The van der Waals surface area contributed by atoms with Crippen molar-refractivity contribution in [3.63, 3.8) is 0 Å². The van der Waals surface area contributed by atoms with Gasteiger partial charge in [0.05, 0.1) is 11.6 Å². The summed E-state index contributed by atoms with van der Waals surface area (Å²) in [5.41, 5.74) is 1.87. The van der Waals surface area contributed by atoms with Crippen molar-refractivity contribution < 1.29 is 4.79 Å². The van der Waals surface area contributed by atoms with Crippen molar-refractivity contribution in [2.45, 2.75) is 31.8 Å². The number of halogens is 1. The first-order valence-electron chi connectivity index (χ1n) is 7.64. The Morgan fingerprint density at radius 3 is 2.09 bits per heavy atom. The molecule has 4 heteroatoms. The number of benzene rings is 2. The van der Waals surface area contributed by atoms with E-state index in [1.165, 1.54) is 5.56 Å². The van der Waals surface area contributed by atoms with Gasteiger partial charge in [0.15, 0.2) is 0 Å². The average Bonchev–Trinajstić information content (AvgIpc) is 2.55. The third-order valence-electron chi connectivity index (χ3n) is 4.04. The standard InChI is InChI=1S/C19H24N2O.ClH/c1-15(20-3)18(22)21-19(2,17-12-8-5-9-13-17)14-16-10-6-4-7-11-16;/h4-13,15,20H,14H2,1-3H3,(H,21,22);1H. The molecule has 2 N–H and O–H groups in total. The number of carbonyl (C=O) groups excluding carboxylic acids is 1. The van der Waals surface area contributed by atoms with E-state index in [9.17, 15) is 4.79 Å². The molecule has 0 bridgehead atoms. The molecule has 0 saturated carbocycles. The van der Waals surface area contributed by atoms with Crippen molar-refractivity contribution in [2.24, 2.45) is 0 Å². The van der Waals surface area contributed by atoms with Gasteiger partial charge >= 0.3 is 0 Å². The minimum absolute atomic E-state index is 0. The maximum Gasteiger partial charge on any atom is 0.237 e. The number of nitrogens with one attached hydrogen (secondary N) is 2. The van der Waals surface area contributed by atoms with Crippen LogP contribution in [0, 0.1) is 0 Å². The van der Waals surface area contributed by atoms with Gasteiger partial charge in [-0.1, -0.05) is 60.7 Å².